The van der Waals surface area contributed by atoms with Crippen molar-refractivity contribution in [2.45, 2.75) is 20.3 Å². The van der Waals surface area contributed by atoms with Gasteiger partial charge in [0.2, 0.25) is 0 Å². The number of aliphatic imine (C=N–C) groups is 1. The molecule has 3 rings (SSSR count). The molecule has 2 aromatic carbocycles. The summed E-state index contributed by atoms with van der Waals surface area (Å²) < 4.78 is 0. The van der Waals surface area contributed by atoms with Gasteiger partial charge in [0, 0.05) is 50.6 Å². The Morgan fingerprint density at radius 3 is 2.41 bits per heavy atom. The highest BCUT2D eigenvalue weighted by molar-refractivity contribution is 5.92. The van der Waals surface area contributed by atoms with Crippen molar-refractivity contribution in [3.63, 3.8) is 0 Å². The lowest BCUT2D eigenvalue weighted by Crippen LogP contribution is -2.46. The quantitative estimate of drug-likeness (QED) is 0.469. The predicted octanol–water partition coefficient (Wildman–Crippen LogP) is 3.24. The smallest absolute Gasteiger partial charge is 0.193 e. The summed E-state index contributed by atoms with van der Waals surface area (Å²) >= 11 is 0. The lowest BCUT2D eigenvalue weighted by atomic mass is 10.2. The minimum absolute atomic E-state index is 0.491. The van der Waals surface area contributed by atoms with Gasteiger partial charge >= 0.3 is 0 Å². The number of nitrogens with zero attached hydrogens (tertiary/aromatic N) is 3. The van der Waals surface area contributed by atoms with E-state index in [2.05, 4.69) is 70.4 Å². The molecule has 0 atom stereocenters. The number of piperazine rings is 1. The van der Waals surface area contributed by atoms with E-state index >= 15 is 0 Å². The summed E-state index contributed by atoms with van der Waals surface area (Å²) in [6, 6.07) is 16.9. The van der Waals surface area contributed by atoms with Crippen molar-refractivity contribution in [1.82, 2.24) is 4.90 Å². The minimum atomic E-state index is 0.491. The maximum absolute atomic E-state index is 5.99. The molecule has 0 radical (unpaired) electrons. The molecule has 0 aromatic heterocycles. The normalized spacial score (nSPS) is 15.8. The van der Waals surface area contributed by atoms with Crippen LogP contribution in [0.2, 0.25) is 0 Å². The zero-order chi connectivity index (χ0) is 19.1. The fraction of sp³-hybridized carbons (Fsp3) is 0.409. The van der Waals surface area contributed by atoms with Crippen LogP contribution in [-0.4, -0.2) is 50.1 Å². The summed E-state index contributed by atoms with van der Waals surface area (Å²) in [4.78, 5) is 9.45. The number of guanidine groups is 1. The Labute approximate surface area is 162 Å². The molecule has 1 heterocycles. The van der Waals surface area contributed by atoms with Crippen molar-refractivity contribution in [2.75, 3.05) is 49.5 Å². The average molecular weight is 366 g/mol. The molecule has 2 aromatic rings. The van der Waals surface area contributed by atoms with Gasteiger partial charge in [-0.05, 0) is 55.7 Å². The van der Waals surface area contributed by atoms with E-state index in [1.807, 2.05) is 12.1 Å². The first-order valence-corrected chi connectivity index (χ1v) is 9.78. The van der Waals surface area contributed by atoms with Crippen LogP contribution in [0.25, 0.3) is 0 Å². The van der Waals surface area contributed by atoms with Gasteiger partial charge in [-0.25, -0.2) is 0 Å². The second kappa shape index (κ2) is 9.42. The number of nitrogens with one attached hydrogen (secondary N) is 1. The minimum Gasteiger partial charge on any atom is -0.370 e. The largest absolute Gasteiger partial charge is 0.370 e. The van der Waals surface area contributed by atoms with E-state index in [9.17, 15) is 0 Å². The molecule has 5 nitrogen and oxygen atoms in total. The molecule has 27 heavy (non-hydrogen) atoms. The molecule has 0 bridgehead atoms. The summed E-state index contributed by atoms with van der Waals surface area (Å²) in [7, 11) is 0. The lowest BCUT2D eigenvalue weighted by Gasteiger charge is -2.36. The zero-order valence-electron chi connectivity index (χ0n) is 16.5. The van der Waals surface area contributed by atoms with Gasteiger partial charge in [-0.2, -0.15) is 0 Å². The van der Waals surface area contributed by atoms with Crippen LogP contribution in [0.4, 0.5) is 11.4 Å². The standard InChI is InChI=1S/C22H31N5/c1-18-6-3-8-20(16-18)25-22(23)24-10-5-11-26-12-14-27(15-13-26)21-9-4-7-19(2)17-21/h3-4,6-9,16-17H,5,10-15H2,1-2H3,(H3,23,24,25). The van der Waals surface area contributed by atoms with Gasteiger partial charge in [-0.1, -0.05) is 24.3 Å². The summed E-state index contributed by atoms with van der Waals surface area (Å²) in [5.41, 5.74) is 10.8. The van der Waals surface area contributed by atoms with Crippen LogP contribution in [-0.2, 0) is 0 Å². The van der Waals surface area contributed by atoms with Gasteiger partial charge < -0.3 is 16.0 Å². The molecule has 0 saturated carbocycles. The van der Waals surface area contributed by atoms with Crippen molar-refractivity contribution < 1.29 is 0 Å². The Morgan fingerprint density at radius 2 is 1.70 bits per heavy atom. The van der Waals surface area contributed by atoms with Crippen LogP contribution in [0, 0.1) is 13.8 Å². The van der Waals surface area contributed by atoms with Crippen LogP contribution >= 0.6 is 0 Å². The summed E-state index contributed by atoms with van der Waals surface area (Å²) in [6.45, 7) is 10.4. The Hall–Kier alpha value is -2.53. The highest BCUT2D eigenvalue weighted by atomic mass is 15.3. The fourth-order valence-corrected chi connectivity index (χ4v) is 3.46. The van der Waals surface area contributed by atoms with E-state index < -0.39 is 0 Å². The molecule has 1 aliphatic rings. The van der Waals surface area contributed by atoms with Gasteiger partial charge in [-0.15, -0.1) is 0 Å². The highest BCUT2D eigenvalue weighted by Crippen LogP contribution is 2.17. The number of hydrogen-bond donors (Lipinski definition) is 2. The SMILES string of the molecule is Cc1cccc(NC(N)=NCCCN2CCN(c3cccc(C)c3)CC2)c1. The van der Waals surface area contributed by atoms with Crippen molar-refractivity contribution >= 4 is 17.3 Å². The number of rotatable bonds is 6. The molecule has 1 aliphatic heterocycles. The number of hydrogen-bond acceptors (Lipinski definition) is 3. The Kier molecular flexibility index (Phi) is 6.71. The van der Waals surface area contributed by atoms with Gasteiger partial charge in [0.25, 0.3) is 0 Å². The Morgan fingerprint density at radius 1 is 1.00 bits per heavy atom. The summed E-state index contributed by atoms with van der Waals surface area (Å²) in [5.74, 6) is 0.491. The number of anilines is 2. The molecular formula is C22H31N5. The highest BCUT2D eigenvalue weighted by Gasteiger charge is 2.16. The van der Waals surface area contributed by atoms with Gasteiger partial charge in [0.05, 0.1) is 0 Å². The molecule has 1 saturated heterocycles. The van der Waals surface area contributed by atoms with Crippen LogP contribution in [0.15, 0.2) is 53.5 Å². The molecule has 0 spiro atoms. The molecule has 0 aliphatic carbocycles. The predicted molar refractivity (Wildman–Crippen MR) is 116 cm³/mol. The zero-order valence-corrected chi connectivity index (χ0v) is 16.5. The first kappa shape index (κ1) is 19.2. The van der Waals surface area contributed by atoms with E-state index in [-0.39, 0.29) is 0 Å². The van der Waals surface area contributed by atoms with Gasteiger partial charge in [0.1, 0.15) is 0 Å². The lowest BCUT2D eigenvalue weighted by molar-refractivity contribution is 0.256. The van der Waals surface area contributed by atoms with Gasteiger partial charge in [-0.3, -0.25) is 9.89 Å². The van der Waals surface area contributed by atoms with E-state index in [1.165, 1.54) is 16.8 Å². The Bertz CT molecular complexity index is 763. The number of benzene rings is 2. The van der Waals surface area contributed by atoms with Gasteiger partial charge in [0.15, 0.2) is 5.96 Å². The maximum Gasteiger partial charge on any atom is 0.193 e. The molecule has 0 unspecified atom stereocenters. The van der Waals surface area contributed by atoms with Crippen LogP contribution in [0.1, 0.15) is 17.5 Å². The van der Waals surface area contributed by atoms with Crippen LogP contribution in [0.5, 0.6) is 0 Å². The molecule has 144 valence electrons. The maximum atomic E-state index is 5.99. The first-order chi connectivity index (χ1) is 13.1. The summed E-state index contributed by atoms with van der Waals surface area (Å²) in [5, 5.41) is 3.16. The number of aryl methyl sites for hydroxylation is 2. The third-order valence-corrected chi connectivity index (χ3v) is 4.94. The third-order valence-electron chi connectivity index (χ3n) is 4.94. The van der Waals surface area contributed by atoms with Crippen molar-refractivity contribution in [2.24, 2.45) is 10.7 Å². The topological polar surface area (TPSA) is 56.9 Å². The first-order valence-electron chi connectivity index (χ1n) is 9.78. The second-order valence-corrected chi connectivity index (χ2v) is 7.28. The summed E-state index contributed by atoms with van der Waals surface area (Å²) in [6.07, 6.45) is 1.03. The fourth-order valence-electron chi connectivity index (χ4n) is 3.46. The monoisotopic (exact) mass is 365 g/mol. The van der Waals surface area contributed by atoms with Crippen LogP contribution < -0.4 is 16.0 Å². The van der Waals surface area contributed by atoms with E-state index in [1.54, 1.807) is 0 Å². The van der Waals surface area contributed by atoms with Crippen molar-refractivity contribution in [3.8, 4) is 0 Å². The van der Waals surface area contributed by atoms with Crippen molar-refractivity contribution in [1.29, 1.82) is 0 Å². The van der Waals surface area contributed by atoms with Crippen molar-refractivity contribution in [3.05, 3.63) is 59.7 Å². The molecule has 0 amide bonds. The Balaban J connectivity index is 1.36. The molecule has 5 heteroatoms. The van der Waals surface area contributed by atoms with E-state index in [4.69, 9.17) is 5.73 Å². The second-order valence-electron chi connectivity index (χ2n) is 7.28. The number of nitrogens with two attached hydrogens (primary N) is 1. The molecular weight excluding hydrogens is 334 g/mol. The molecule has 1 fully saturated rings. The average Bonchev–Trinajstić information content (AvgIpc) is 2.66. The van der Waals surface area contributed by atoms with E-state index in [0.29, 0.717) is 5.96 Å². The molecule has 3 N–H and O–H groups in total. The third kappa shape index (κ3) is 6.00. The van der Waals surface area contributed by atoms with Crippen LogP contribution in [0.3, 0.4) is 0 Å². The van der Waals surface area contributed by atoms with E-state index in [0.717, 1.165) is 51.4 Å².